The molecular formula is C18H27N3O4S2. The second-order valence-corrected chi connectivity index (χ2v) is 7.31. The standard InChI is InChI=1S/C15H21NO3S.C3H6N2OS/c1-12-14(16-20(17)18)15(12,10-6-7-11-19-2)13-8-4-3-5-9-13;1-4-3(7)5-2-6/h3-5,8-9,12,14H,6-7,10-11H2,1-2H3;2H,1H3,(H2,4,5,6,7). The summed E-state index contributed by atoms with van der Waals surface area (Å²) in [6.07, 6.45) is 3.49. The Hall–Kier alpha value is -1.84. The van der Waals surface area contributed by atoms with E-state index in [4.69, 9.17) is 4.74 Å². The Bertz CT molecular complexity index is 732. The molecule has 0 spiro atoms. The molecule has 1 aromatic carbocycles. The zero-order valence-corrected chi connectivity index (χ0v) is 17.5. The topological polar surface area (TPSA) is 96.9 Å². The van der Waals surface area contributed by atoms with Crippen LogP contribution in [0.3, 0.4) is 0 Å². The van der Waals surface area contributed by atoms with Crippen LogP contribution >= 0.6 is 12.2 Å². The number of nitrogens with zero attached hydrogens (tertiary/aromatic N) is 1. The maximum atomic E-state index is 10.9. The highest BCUT2D eigenvalue weighted by molar-refractivity contribution is 7.80. The summed E-state index contributed by atoms with van der Waals surface area (Å²) in [6, 6.07) is 10.0. The lowest BCUT2D eigenvalue weighted by Gasteiger charge is -2.17. The minimum Gasteiger partial charge on any atom is -0.385 e. The van der Waals surface area contributed by atoms with Gasteiger partial charge in [0.15, 0.2) is 5.11 Å². The van der Waals surface area contributed by atoms with E-state index >= 15 is 0 Å². The molecule has 3 atom stereocenters. The summed E-state index contributed by atoms with van der Waals surface area (Å²) in [5, 5.41) is 5.13. The van der Waals surface area contributed by atoms with E-state index in [2.05, 4.69) is 46.3 Å². The average molecular weight is 414 g/mol. The van der Waals surface area contributed by atoms with Crippen molar-refractivity contribution in [2.45, 2.75) is 37.6 Å². The van der Waals surface area contributed by atoms with Gasteiger partial charge in [-0.1, -0.05) is 43.7 Å². The van der Waals surface area contributed by atoms with Crippen molar-refractivity contribution >= 4 is 34.2 Å². The number of hydrogen-bond acceptors (Lipinski definition) is 6. The van der Waals surface area contributed by atoms with Gasteiger partial charge in [-0.05, 0) is 36.5 Å². The maximum Gasteiger partial charge on any atom is 0.311 e. The summed E-state index contributed by atoms with van der Waals surface area (Å²) < 4.78 is 30.8. The van der Waals surface area contributed by atoms with Crippen LogP contribution in [0.1, 0.15) is 31.7 Å². The monoisotopic (exact) mass is 413 g/mol. The maximum absolute atomic E-state index is 10.9. The van der Waals surface area contributed by atoms with Crippen molar-refractivity contribution in [3.63, 3.8) is 0 Å². The van der Waals surface area contributed by atoms with Crippen molar-refractivity contribution in [3.05, 3.63) is 35.9 Å². The van der Waals surface area contributed by atoms with Gasteiger partial charge in [0.05, 0.1) is 6.04 Å². The molecule has 0 bridgehead atoms. The Morgan fingerprint density at radius 2 is 2.00 bits per heavy atom. The van der Waals surface area contributed by atoms with E-state index in [-0.39, 0.29) is 17.4 Å². The third kappa shape index (κ3) is 6.67. The highest BCUT2D eigenvalue weighted by atomic mass is 32.2. The van der Waals surface area contributed by atoms with Gasteiger partial charge in [-0.2, -0.15) is 12.8 Å². The van der Waals surface area contributed by atoms with Crippen molar-refractivity contribution < 1.29 is 17.9 Å². The second kappa shape index (κ2) is 11.8. The van der Waals surface area contributed by atoms with E-state index < -0.39 is 10.5 Å². The van der Waals surface area contributed by atoms with Crippen LogP contribution in [0.5, 0.6) is 0 Å². The molecule has 0 heterocycles. The van der Waals surface area contributed by atoms with Crippen LogP contribution < -0.4 is 10.6 Å². The number of rotatable bonds is 8. The van der Waals surface area contributed by atoms with Crippen molar-refractivity contribution in [2.24, 2.45) is 10.3 Å². The lowest BCUT2D eigenvalue weighted by molar-refractivity contribution is -0.108. The smallest absolute Gasteiger partial charge is 0.311 e. The highest BCUT2D eigenvalue weighted by Crippen LogP contribution is 2.59. The van der Waals surface area contributed by atoms with Crippen LogP contribution in [0.15, 0.2) is 34.7 Å². The number of nitrogens with one attached hydrogen (secondary N) is 2. The van der Waals surface area contributed by atoms with Crippen molar-refractivity contribution in [2.75, 3.05) is 20.8 Å². The fraction of sp³-hybridized carbons (Fsp3) is 0.556. The predicted molar refractivity (Wildman–Crippen MR) is 109 cm³/mol. The molecule has 1 amide bonds. The summed E-state index contributed by atoms with van der Waals surface area (Å²) in [5.41, 5.74) is 1.08. The Kier molecular flexibility index (Phi) is 10.1. The molecule has 1 aliphatic carbocycles. The number of methoxy groups -OCH3 is 1. The molecule has 3 unspecified atom stereocenters. The number of unbranched alkanes of at least 4 members (excludes halogenated alkanes) is 1. The third-order valence-corrected chi connectivity index (χ3v) is 5.54. The summed E-state index contributed by atoms with van der Waals surface area (Å²) in [5.74, 6) is 0.269. The van der Waals surface area contributed by atoms with Crippen LogP contribution in [0.4, 0.5) is 0 Å². The molecule has 0 radical (unpaired) electrons. The quantitative estimate of drug-likeness (QED) is 0.385. The minimum absolute atomic E-state index is 0.116. The minimum atomic E-state index is -2.33. The number of carbonyl (C=O) groups excluding carboxylic acids is 1. The molecule has 7 nitrogen and oxygen atoms in total. The van der Waals surface area contributed by atoms with Crippen molar-refractivity contribution in [1.29, 1.82) is 0 Å². The Balaban J connectivity index is 0.000000445. The molecular weight excluding hydrogens is 386 g/mol. The van der Waals surface area contributed by atoms with Crippen molar-refractivity contribution in [1.82, 2.24) is 10.6 Å². The first-order chi connectivity index (χ1) is 12.9. The van der Waals surface area contributed by atoms with Crippen LogP contribution in [-0.2, 0) is 25.4 Å². The van der Waals surface area contributed by atoms with Gasteiger partial charge in [-0.25, -0.2) is 0 Å². The van der Waals surface area contributed by atoms with Crippen LogP contribution in [0.25, 0.3) is 0 Å². The summed E-state index contributed by atoms with van der Waals surface area (Å²) >= 11 is 4.50. The lowest BCUT2D eigenvalue weighted by Crippen LogP contribution is -2.30. The Morgan fingerprint density at radius 1 is 1.33 bits per heavy atom. The molecule has 0 saturated heterocycles. The molecule has 1 saturated carbocycles. The van der Waals surface area contributed by atoms with Gasteiger partial charge in [-0.15, -0.1) is 0 Å². The zero-order valence-electron chi connectivity index (χ0n) is 15.8. The number of amides is 1. The first-order valence-corrected chi connectivity index (χ1v) is 10.1. The normalized spacial score (nSPS) is 22.6. The number of carbonyl (C=O) groups is 1. The molecule has 0 aliphatic heterocycles. The zero-order chi connectivity index (χ0) is 20.3. The fourth-order valence-corrected chi connectivity index (χ4v) is 3.98. The fourth-order valence-electron chi connectivity index (χ4n) is 3.38. The van der Waals surface area contributed by atoms with E-state index in [1.165, 1.54) is 5.56 Å². The van der Waals surface area contributed by atoms with Gasteiger partial charge in [0.2, 0.25) is 6.41 Å². The first-order valence-electron chi connectivity index (χ1n) is 8.70. The third-order valence-electron chi connectivity index (χ3n) is 4.82. The van der Waals surface area contributed by atoms with Gasteiger partial charge in [-0.3, -0.25) is 4.79 Å². The van der Waals surface area contributed by atoms with E-state index in [1.807, 2.05) is 18.2 Å². The van der Waals surface area contributed by atoms with E-state index in [9.17, 15) is 13.2 Å². The number of thiocarbonyl (C=S) groups is 1. The molecule has 1 aliphatic rings. The van der Waals surface area contributed by atoms with Gasteiger partial charge in [0.25, 0.3) is 0 Å². The highest BCUT2D eigenvalue weighted by Gasteiger charge is 2.63. The molecule has 27 heavy (non-hydrogen) atoms. The molecule has 1 aromatic rings. The molecule has 2 rings (SSSR count). The van der Waals surface area contributed by atoms with Gasteiger partial charge in [0.1, 0.15) is 0 Å². The van der Waals surface area contributed by atoms with Gasteiger partial charge >= 0.3 is 10.5 Å². The van der Waals surface area contributed by atoms with Crippen molar-refractivity contribution in [3.8, 4) is 0 Å². The molecule has 150 valence electrons. The first kappa shape index (κ1) is 23.2. The van der Waals surface area contributed by atoms with E-state index in [0.717, 1.165) is 25.9 Å². The number of hydrogen-bond donors (Lipinski definition) is 2. The van der Waals surface area contributed by atoms with E-state index in [1.54, 1.807) is 14.2 Å². The summed E-state index contributed by atoms with van der Waals surface area (Å²) in [4.78, 5) is 9.54. The molecule has 9 heteroatoms. The second-order valence-electron chi connectivity index (χ2n) is 6.25. The molecule has 1 fully saturated rings. The molecule has 2 N–H and O–H groups in total. The number of ether oxygens (including phenoxy) is 1. The van der Waals surface area contributed by atoms with Crippen LogP contribution in [0, 0.1) is 5.92 Å². The predicted octanol–water partition coefficient (Wildman–Crippen LogP) is 2.06. The SMILES string of the molecule is CNC(=S)NC=O.COCCCCC1(c2ccccc2)C(C)C1N=S(=O)=O. The summed E-state index contributed by atoms with van der Waals surface area (Å²) in [6.45, 7) is 2.83. The van der Waals surface area contributed by atoms with Crippen LogP contribution in [-0.4, -0.2) is 46.7 Å². The van der Waals surface area contributed by atoms with Crippen LogP contribution in [0.2, 0.25) is 0 Å². The Labute approximate surface area is 167 Å². The Morgan fingerprint density at radius 3 is 2.48 bits per heavy atom. The van der Waals surface area contributed by atoms with Gasteiger partial charge < -0.3 is 15.4 Å². The van der Waals surface area contributed by atoms with E-state index in [0.29, 0.717) is 11.5 Å². The molecule has 0 aromatic heterocycles. The average Bonchev–Trinajstić information content (AvgIpc) is 3.22. The largest absolute Gasteiger partial charge is 0.385 e. The van der Waals surface area contributed by atoms with Gasteiger partial charge in [0, 0.05) is 26.2 Å². The number of benzene rings is 1. The summed E-state index contributed by atoms with van der Waals surface area (Å²) in [7, 11) is 1.00. The lowest BCUT2D eigenvalue weighted by atomic mass is 9.87.